The Kier molecular flexibility index (Phi) is 5.21. The van der Waals surface area contributed by atoms with Crippen LogP contribution in [0.3, 0.4) is 0 Å². The Morgan fingerprint density at radius 3 is 2.39 bits per heavy atom. The fourth-order valence-electron chi connectivity index (χ4n) is 2.32. The van der Waals surface area contributed by atoms with E-state index < -0.39 is 5.60 Å². The van der Waals surface area contributed by atoms with E-state index in [0.29, 0.717) is 0 Å². The third-order valence-electron chi connectivity index (χ3n) is 3.26. The lowest BCUT2D eigenvalue weighted by molar-refractivity contribution is 0.0682. The van der Waals surface area contributed by atoms with E-state index in [9.17, 15) is 5.11 Å². The summed E-state index contributed by atoms with van der Waals surface area (Å²) in [5, 5.41) is 9.68. The molecule has 0 bridgehead atoms. The van der Waals surface area contributed by atoms with Crippen LogP contribution in [0.5, 0.6) is 5.75 Å². The SMILES string of the molecule is COc1cc(C)cc(C)c1CCCCC(C)(C)O. The van der Waals surface area contributed by atoms with Crippen LogP contribution in [0, 0.1) is 13.8 Å². The average molecular weight is 250 g/mol. The van der Waals surface area contributed by atoms with Crippen molar-refractivity contribution in [1.29, 1.82) is 0 Å². The lowest BCUT2D eigenvalue weighted by atomic mass is 9.96. The van der Waals surface area contributed by atoms with Gasteiger partial charge < -0.3 is 9.84 Å². The van der Waals surface area contributed by atoms with Crippen molar-refractivity contribution >= 4 is 0 Å². The van der Waals surface area contributed by atoms with Crippen molar-refractivity contribution in [3.63, 3.8) is 0 Å². The maximum absolute atomic E-state index is 9.68. The maximum atomic E-state index is 9.68. The Balaban J connectivity index is 2.62. The highest BCUT2D eigenvalue weighted by Gasteiger charge is 2.12. The molecule has 0 heterocycles. The third-order valence-corrected chi connectivity index (χ3v) is 3.26. The van der Waals surface area contributed by atoms with Crippen molar-refractivity contribution in [2.45, 2.75) is 59.0 Å². The molecule has 0 atom stereocenters. The van der Waals surface area contributed by atoms with Gasteiger partial charge in [0, 0.05) is 0 Å². The van der Waals surface area contributed by atoms with E-state index >= 15 is 0 Å². The van der Waals surface area contributed by atoms with Crippen molar-refractivity contribution in [2.75, 3.05) is 7.11 Å². The Hall–Kier alpha value is -1.02. The third kappa shape index (κ3) is 4.69. The highest BCUT2D eigenvalue weighted by molar-refractivity contribution is 5.43. The lowest BCUT2D eigenvalue weighted by Gasteiger charge is -2.17. The van der Waals surface area contributed by atoms with Crippen LogP contribution in [0.2, 0.25) is 0 Å². The van der Waals surface area contributed by atoms with Crippen LogP contribution in [-0.4, -0.2) is 17.8 Å². The van der Waals surface area contributed by atoms with Gasteiger partial charge in [-0.1, -0.05) is 12.5 Å². The van der Waals surface area contributed by atoms with E-state index in [1.165, 1.54) is 16.7 Å². The van der Waals surface area contributed by atoms with E-state index in [0.717, 1.165) is 31.4 Å². The topological polar surface area (TPSA) is 29.5 Å². The molecule has 1 aromatic rings. The Morgan fingerprint density at radius 2 is 1.83 bits per heavy atom. The summed E-state index contributed by atoms with van der Waals surface area (Å²) in [4.78, 5) is 0. The largest absolute Gasteiger partial charge is 0.496 e. The highest BCUT2D eigenvalue weighted by atomic mass is 16.5. The first-order valence-corrected chi connectivity index (χ1v) is 6.70. The zero-order chi connectivity index (χ0) is 13.8. The Labute approximate surface area is 111 Å². The smallest absolute Gasteiger partial charge is 0.122 e. The van der Waals surface area contributed by atoms with Crippen molar-refractivity contribution in [2.24, 2.45) is 0 Å². The molecule has 0 aliphatic heterocycles. The molecule has 0 fully saturated rings. The monoisotopic (exact) mass is 250 g/mol. The standard InChI is InChI=1S/C16H26O2/c1-12-10-13(2)14(15(11-12)18-5)8-6-7-9-16(3,4)17/h10-11,17H,6-9H2,1-5H3. The minimum Gasteiger partial charge on any atom is -0.496 e. The second-order valence-electron chi connectivity index (χ2n) is 5.78. The minimum atomic E-state index is -0.549. The fourth-order valence-corrected chi connectivity index (χ4v) is 2.32. The molecule has 1 aromatic carbocycles. The zero-order valence-corrected chi connectivity index (χ0v) is 12.3. The second kappa shape index (κ2) is 6.24. The molecule has 0 unspecified atom stereocenters. The molecule has 0 saturated heterocycles. The van der Waals surface area contributed by atoms with Crippen molar-refractivity contribution in [3.05, 3.63) is 28.8 Å². The minimum absolute atomic E-state index is 0.549. The molecule has 102 valence electrons. The van der Waals surface area contributed by atoms with E-state index in [1.807, 2.05) is 13.8 Å². The molecule has 2 heteroatoms. The molecular weight excluding hydrogens is 224 g/mol. The van der Waals surface area contributed by atoms with Gasteiger partial charge in [0.1, 0.15) is 5.75 Å². The molecule has 0 saturated carbocycles. The predicted octanol–water partition coefficient (Wildman–Crippen LogP) is 3.80. The van der Waals surface area contributed by atoms with Gasteiger partial charge in [-0.2, -0.15) is 0 Å². The maximum Gasteiger partial charge on any atom is 0.122 e. The van der Waals surface area contributed by atoms with Crippen LogP contribution < -0.4 is 4.74 Å². The van der Waals surface area contributed by atoms with Gasteiger partial charge in [0.05, 0.1) is 12.7 Å². The number of hydrogen-bond acceptors (Lipinski definition) is 2. The fraction of sp³-hybridized carbons (Fsp3) is 0.625. The van der Waals surface area contributed by atoms with Gasteiger partial charge in [0.2, 0.25) is 0 Å². The summed E-state index contributed by atoms with van der Waals surface area (Å²) in [6, 6.07) is 4.30. The first kappa shape index (κ1) is 15.0. The van der Waals surface area contributed by atoms with Gasteiger partial charge in [-0.05, 0) is 69.7 Å². The normalized spacial score (nSPS) is 11.7. The lowest BCUT2D eigenvalue weighted by Crippen LogP contribution is -2.17. The summed E-state index contributed by atoms with van der Waals surface area (Å²) >= 11 is 0. The van der Waals surface area contributed by atoms with Crippen LogP contribution in [0.25, 0.3) is 0 Å². The van der Waals surface area contributed by atoms with Crippen LogP contribution in [0.4, 0.5) is 0 Å². The quantitative estimate of drug-likeness (QED) is 0.778. The number of aliphatic hydroxyl groups is 1. The van der Waals surface area contributed by atoms with E-state index in [4.69, 9.17) is 4.74 Å². The van der Waals surface area contributed by atoms with Gasteiger partial charge in [-0.25, -0.2) is 0 Å². The molecule has 0 aliphatic rings. The first-order valence-electron chi connectivity index (χ1n) is 6.70. The van der Waals surface area contributed by atoms with Gasteiger partial charge in [0.25, 0.3) is 0 Å². The summed E-state index contributed by atoms with van der Waals surface area (Å²) in [5.74, 6) is 0.996. The first-order chi connectivity index (χ1) is 8.33. The zero-order valence-electron chi connectivity index (χ0n) is 12.3. The molecule has 0 aromatic heterocycles. The number of methoxy groups -OCH3 is 1. The summed E-state index contributed by atoms with van der Waals surface area (Å²) in [6.45, 7) is 7.96. The number of rotatable bonds is 6. The summed E-state index contributed by atoms with van der Waals surface area (Å²) in [5.41, 5.74) is 3.30. The number of unbranched alkanes of at least 4 members (excludes halogenated alkanes) is 1. The second-order valence-corrected chi connectivity index (χ2v) is 5.78. The average Bonchev–Trinajstić information content (AvgIpc) is 2.24. The molecule has 0 aliphatic carbocycles. The number of aryl methyl sites for hydroxylation is 2. The number of hydrogen-bond donors (Lipinski definition) is 1. The van der Waals surface area contributed by atoms with Gasteiger partial charge >= 0.3 is 0 Å². The van der Waals surface area contributed by atoms with Crippen molar-refractivity contribution in [1.82, 2.24) is 0 Å². The predicted molar refractivity (Wildman–Crippen MR) is 76.3 cm³/mol. The van der Waals surface area contributed by atoms with Gasteiger partial charge in [-0.15, -0.1) is 0 Å². The van der Waals surface area contributed by atoms with Gasteiger partial charge in [-0.3, -0.25) is 0 Å². The highest BCUT2D eigenvalue weighted by Crippen LogP contribution is 2.26. The van der Waals surface area contributed by atoms with Crippen molar-refractivity contribution < 1.29 is 9.84 Å². The molecule has 1 rings (SSSR count). The molecule has 0 amide bonds. The summed E-state index contributed by atoms with van der Waals surface area (Å²) < 4.78 is 5.46. The number of benzene rings is 1. The van der Waals surface area contributed by atoms with Crippen LogP contribution >= 0.6 is 0 Å². The molecule has 1 N–H and O–H groups in total. The molecular formula is C16H26O2. The number of ether oxygens (including phenoxy) is 1. The van der Waals surface area contributed by atoms with E-state index in [1.54, 1.807) is 7.11 Å². The summed E-state index contributed by atoms with van der Waals surface area (Å²) in [6.07, 6.45) is 4.00. The Bertz CT molecular complexity index is 389. The van der Waals surface area contributed by atoms with Crippen molar-refractivity contribution in [3.8, 4) is 5.75 Å². The molecule has 2 nitrogen and oxygen atoms in total. The molecule has 0 radical (unpaired) electrons. The van der Waals surface area contributed by atoms with Crippen LogP contribution in [-0.2, 0) is 6.42 Å². The van der Waals surface area contributed by atoms with E-state index in [-0.39, 0.29) is 0 Å². The van der Waals surface area contributed by atoms with Crippen LogP contribution in [0.1, 0.15) is 49.8 Å². The molecule has 18 heavy (non-hydrogen) atoms. The molecule has 0 spiro atoms. The Morgan fingerprint density at radius 1 is 1.17 bits per heavy atom. The van der Waals surface area contributed by atoms with Gasteiger partial charge in [0.15, 0.2) is 0 Å². The van der Waals surface area contributed by atoms with Crippen LogP contribution in [0.15, 0.2) is 12.1 Å². The summed E-state index contributed by atoms with van der Waals surface area (Å²) in [7, 11) is 1.73. The van der Waals surface area contributed by atoms with E-state index in [2.05, 4.69) is 26.0 Å².